The molecule has 8 heteroatoms. The highest BCUT2D eigenvalue weighted by atomic mass is 32.2. The Labute approximate surface area is 114 Å². The SMILES string of the molecule is Cc1csc(CNS(=O)(=O)c2cc(F)ccc2N)n1. The van der Waals surface area contributed by atoms with Gasteiger partial charge in [-0.25, -0.2) is 22.5 Å². The summed E-state index contributed by atoms with van der Waals surface area (Å²) in [5, 5.41) is 2.45. The second kappa shape index (κ2) is 5.24. The number of nitrogens with one attached hydrogen (secondary N) is 1. The fourth-order valence-corrected chi connectivity index (χ4v) is 3.39. The average molecular weight is 301 g/mol. The van der Waals surface area contributed by atoms with Crippen molar-refractivity contribution in [2.24, 2.45) is 0 Å². The molecule has 0 saturated heterocycles. The molecule has 0 bridgehead atoms. The highest BCUT2D eigenvalue weighted by Crippen LogP contribution is 2.19. The molecule has 2 aromatic rings. The van der Waals surface area contributed by atoms with Gasteiger partial charge >= 0.3 is 0 Å². The maximum Gasteiger partial charge on any atom is 0.243 e. The first kappa shape index (κ1) is 13.9. The quantitative estimate of drug-likeness (QED) is 0.841. The number of benzene rings is 1. The van der Waals surface area contributed by atoms with Gasteiger partial charge in [0, 0.05) is 11.1 Å². The minimum atomic E-state index is -3.85. The van der Waals surface area contributed by atoms with E-state index in [1.165, 1.54) is 17.4 Å². The molecule has 3 N–H and O–H groups in total. The van der Waals surface area contributed by atoms with Crippen LogP contribution in [0.15, 0.2) is 28.5 Å². The average Bonchev–Trinajstić information content (AvgIpc) is 2.76. The first-order valence-electron chi connectivity index (χ1n) is 5.34. The number of anilines is 1. The Morgan fingerprint density at radius 2 is 2.21 bits per heavy atom. The van der Waals surface area contributed by atoms with E-state index in [4.69, 9.17) is 5.73 Å². The van der Waals surface area contributed by atoms with E-state index in [0.717, 1.165) is 17.8 Å². The lowest BCUT2D eigenvalue weighted by molar-refractivity contribution is 0.577. The molecular formula is C11H12FN3O2S2. The highest BCUT2D eigenvalue weighted by Gasteiger charge is 2.18. The number of aromatic nitrogens is 1. The normalized spacial score (nSPS) is 11.7. The van der Waals surface area contributed by atoms with Crippen molar-refractivity contribution in [2.45, 2.75) is 18.4 Å². The molecule has 0 fully saturated rings. The van der Waals surface area contributed by atoms with Crippen LogP contribution < -0.4 is 10.5 Å². The summed E-state index contributed by atoms with van der Waals surface area (Å²) in [6, 6.07) is 3.22. The number of sulfonamides is 1. The van der Waals surface area contributed by atoms with E-state index in [1.807, 2.05) is 12.3 Å². The van der Waals surface area contributed by atoms with Gasteiger partial charge in [-0.05, 0) is 25.1 Å². The lowest BCUT2D eigenvalue weighted by atomic mass is 10.3. The van der Waals surface area contributed by atoms with Gasteiger partial charge in [-0.15, -0.1) is 11.3 Å². The van der Waals surface area contributed by atoms with Crippen LogP contribution in [-0.2, 0) is 16.6 Å². The Kier molecular flexibility index (Phi) is 3.83. The Morgan fingerprint density at radius 1 is 1.47 bits per heavy atom. The largest absolute Gasteiger partial charge is 0.398 e. The number of halogens is 1. The molecule has 0 aliphatic rings. The summed E-state index contributed by atoms with van der Waals surface area (Å²) in [7, 11) is -3.85. The van der Waals surface area contributed by atoms with Crippen LogP contribution in [-0.4, -0.2) is 13.4 Å². The number of nitrogens with two attached hydrogens (primary N) is 1. The summed E-state index contributed by atoms with van der Waals surface area (Å²) in [6.07, 6.45) is 0. The molecule has 0 amide bonds. The van der Waals surface area contributed by atoms with Crippen molar-refractivity contribution < 1.29 is 12.8 Å². The minimum absolute atomic E-state index is 0.00391. The third-order valence-electron chi connectivity index (χ3n) is 2.35. The standard InChI is InChI=1S/C11H12FN3O2S2/c1-7-6-18-11(15-7)5-14-19(16,17)10-4-8(12)2-3-9(10)13/h2-4,6,14H,5,13H2,1H3. The summed E-state index contributed by atoms with van der Waals surface area (Å²) in [6.45, 7) is 1.87. The van der Waals surface area contributed by atoms with Crippen molar-refractivity contribution in [2.75, 3.05) is 5.73 Å². The Bertz CT molecular complexity index is 698. The molecule has 1 aromatic carbocycles. The summed E-state index contributed by atoms with van der Waals surface area (Å²) in [5.74, 6) is -0.653. The monoisotopic (exact) mass is 301 g/mol. The number of hydrogen-bond donors (Lipinski definition) is 2. The number of rotatable bonds is 4. The number of nitrogens with zero attached hydrogens (tertiary/aromatic N) is 1. The van der Waals surface area contributed by atoms with Gasteiger partial charge in [0.15, 0.2) is 0 Å². The molecule has 0 unspecified atom stereocenters. The molecule has 1 heterocycles. The predicted octanol–water partition coefficient (Wildman–Crippen LogP) is 1.65. The fraction of sp³-hybridized carbons (Fsp3) is 0.182. The van der Waals surface area contributed by atoms with E-state index in [-0.39, 0.29) is 17.1 Å². The van der Waals surface area contributed by atoms with Crippen molar-refractivity contribution in [3.63, 3.8) is 0 Å². The van der Waals surface area contributed by atoms with Crippen LogP contribution in [0, 0.1) is 12.7 Å². The van der Waals surface area contributed by atoms with Crippen molar-refractivity contribution in [1.29, 1.82) is 0 Å². The van der Waals surface area contributed by atoms with Crippen LogP contribution in [0.4, 0.5) is 10.1 Å². The summed E-state index contributed by atoms with van der Waals surface area (Å²) in [5.41, 5.74) is 6.38. The molecule has 1 aromatic heterocycles. The smallest absolute Gasteiger partial charge is 0.243 e. The van der Waals surface area contributed by atoms with Gasteiger partial charge < -0.3 is 5.73 Å². The number of thiazole rings is 1. The summed E-state index contributed by atoms with van der Waals surface area (Å²) in [4.78, 5) is 3.87. The maximum atomic E-state index is 13.1. The van der Waals surface area contributed by atoms with E-state index < -0.39 is 15.8 Å². The van der Waals surface area contributed by atoms with Gasteiger partial charge in [0.1, 0.15) is 15.7 Å². The maximum absolute atomic E-state index is 13.1. The molecule has 2 rings (SSSR count). The van der Waals surface area contributed by atoms with E-state index in [2.05, 4.69) is 9.71 Å². The molecule has 0 radical (unpaired) electrons. The number of aryl methyl sites for hydroxylation is 1. The zero-order valence-electron chi connectivity index (χ0n) is 10.1. The van der Waals surface area contributed by atoms with Crippen molar-refractivity contribution in [1.82, 2.24) is 9.71 Å². The van der Waals surface area contributed by atoms with Crippen LogP contribution in [0.2, 0.25) is 0 Å². The van der Waals surface area contributed by atoms with Crippen LogP contribution in [0.5, 0.6) is 0 Å². The zero-order chi connectivity index (χ0) is 14.0. The lowest BCUT2D eigenvalue weighted by Crippen LogP contribution is -2.24. The highest BCUT2D eigenvalue weighted by molar-refractivity contribution is 7.89. The molecule has 102 valence electrons. The molecule has 0 atom stereocenters. The second-order valence-corrected chi connectivity index (χ2v) is 6.57. The third kappa shape index (κ3) is 3.28. The van der Waals surface area contributed by atoms with Crippen LogP contribution in [0.25, 0.3) is 0 Å². The molecule has 5 nitrogen and oxygen atoms in total. The van der Waals surface area contributed by atoms with Crippen LogP contribution >= 0.6 is 11.3 Å². The van der Waals surface area contributed by atoms with Gasteiger partial charge in [0.2, 0.25) is 10.0 Å². The van der Waals surface area contributed by atoms with Gasteiger partial charge in [-0.2, -0.15) is 0 Å². The van der Waals surface area contributed by atoms with E-state index in [9.17, 15) is 12.8 Å². The van der Waals surface area contributed by atoms with Gasteiger partial charge in [-0.3, -0.25) is 0 Å². The number of hydrogen-bond acceptors (Lipinski definition) is 5. The van der Waals surface area contributed by atoms with Crippen LogP contribution in [0.1, 0.15) is 10.7 Å². The molecule has 0 saturated carbocycles. The Morgan fingerprint density at radius 3 is 2.84 bits per heavy atom. The third-order valence-corrected chi connectivity index (χ3v) is 4.77. The molecule has 0 aliphatic heterocycles. The van der Waals surface area contributed by atoms with Crippen molar-refractivity contribution >= 4 is 27.0 Å². The molecule has 0 spiro atoms. The topological polar surface area (TPSA) is 85.1 Å². The Hall–Kier alpha value is -1.51. The van der Waals surface area contributed by atoms with Gasteiger partial charge in [-0.1, -0.05) is 0 Å². The number of nitrogen functional groups attached to an aromatic ring is 1. The second-order valence-electron chi connectivity index (χ2n) is 3.89. The van der Waals surface area contributed by atoms with Gasteiger partial charge in [0.05, 0.1) is 12.2 Å². The minimum Gasteiger partial charge on any atom is -0.398 e. The van der Waals surface area contributed by atoms with Crippen molar-refractivity contribution in [3.05, 3.63) is 40.1 Å². The lowest BCUT2D eigenvalue weighted by Gasteiger charge is -2.08. The zero-order valence-corrected chi connectivity index (χ0v) is 11.7. The van der Waals surface area contributed by atoms with Crippen LogP contribution in [0.3, 0.4) is 0 Å². The van der Waals surface area contributed by atoms with E-state index in [1.54, 1.807) is 0 Å². The first-order chi connectivity index (χ1) is 8.88. The summed E-state index contributed by atoms with van der Waals surface area (Å²) < 4.78 is 39.4. The predicted molar refractivity (Wildman–Crippen MR) is 71.7 cm³/mol. The molecule has 0 aliphatic carbocycles. The Balaban J connectivity index is 2.20. The summed E-state index contributed by atoms with van der Waals surface area (Å²) >= 11 is 1.35. The fourth-order valence-electron chi connectivity index (χ4n) is 1.46. The van der Waals surface area contributed by atoms with Crippen molar-refractivity contribution in [3.8, 4) is 0 Å². The molecular weight excluding hydrogens is 289 g/mol. The first-order valence-corrected chi connectivity index (χ1v) is 7.70. The van der Waals surface area contributed by atoms with E-state index in [0.29, 0.717) is 5.01 Å². The molecule has 19 heavy (non-hydrogen) atoms. The van der Waals surface area contributed by atoms with E-state index >= 15 is 0 Å². The van der Waals surface area contributed by atoms with Gasteiger partial charge in [0.25, 0.3) is 0 Å².